The summed E-state index contributed by atoms with van der Waals surface area (Å²) in [4.78, 5) is 0. The van der Waals surface area contributed by atoms with E-state index in [-0.39, 0.29) is 32.5 Å². The third kappa shape index (κ3) is 8.85. The Kier molecular flexibility index (Phi) is 12.2. The third-order valence-electron chi connectivity index (χ3n) is 10.2. The molecule has 0 bridgehead atoms. The van der Waals surface area contributed by atoms with Crippen LogP contribution in [0, 0.1) is 0 Å². The molecule has 0 saturated heterocycles. The van der Waals surface area contributed by atoms with Gasteiger partial charge >= 0.3 is 0 Å². The van der Waals surface area contributed by atoms with Gasteiger partial charge in [-0.3, -0.25) is 0 Å². The van der Waals surface area contributed by atoms with Crippen molar-refractivity contribution in [1.29, 1.82) is 0 Å². The van der Waals surface area contributed by atoms with Crippen molar-refractivity contribution in [3.8, 4) is 0 Å². The zero-order valence-electron chi connectivity index (χ0n) is 35.4. The van der Waals surface area contributed by atoms with Crippen LogP contribution in [0.4, 0.5) is 0 Å². The van der Waals surface area contributed by atoms with Gasteiger partial charge in [-0.25, -0.2) is 0 Å². The first kappa shape index (κ1) is 41.3. The number of rotatable bonds is 8. The molecule has 0 aliphatic carbocycles. The summed E-state index contributed by atoms with van der Waals surface area (Å²) < 4.78 is 0. The Hall–Kier alpha value is -1.09. The highest BCUT2D eigenvalue weighted by Gasteiger charge is 2.41. The summed E-state index contributed by atoms with van der Waals surface area (Å²) in [5.74, 6) is 0. The van der Waals surface area contributed by atoms with Crippen LogP contribution >= 0.6 is 15.1 Å². The molecule has 0 fully saturated rings. The van der Waals surface area contributed by atoms with Gasteiger partial charge in [0.15, 0.2) is 0 Å². The van der Waals surface area contributed by atoms with Gasteiger partial charge in [0.1, 0.15) is 0 Å². The second kappa shape index (κ2) is 14.1. The lowest BCUT2D eigenvalue weighted by Gasteiger charge is -2.43. The van der Waals surface area contributed by atoms with Crippen molar-refractivity contribution in [2.45, 2.75) is 197 Å². The van der Waals surface area contributed by atoms with Crippen LogP contribution in [-0.2, 0) is 32.5 Å². The lowest BCUT2D eigenvalue weighted by Crippen LogP contribution is -2.32. The molecular formula is C46H76P2. The molecule has 1 aliphatic rings. The summed E-state index contributed by atoms with van der Waals surface area (Å²) in [7, 11) is -0.812. The van der Waals surface area contributed by atoms with Crippen molar-refractivity contribution >= 4 is 25.2 Å². The fraction of sp³-hybridized carbons (Fsp3) is 0.696. The van der Waals surface area contributed by atoms with Gasteiger partial charge in [-0.15, -0.1) is 7.17 Å². The van der Waals surface area contributed by atoms with Crippen molar-refractivity contribution in [1.82, 2.24) is 0 Å². The maximum atomic E-state index is 2.63. The molecule has 0 spiro atoms. The van der Waals surface area contributed by atoms with Gasteiger partial charge in [0.2, 0.25) is 0 Å². The summed E-state index contributed by atoms with van der Waals surface area (Å²) >= 11 is 0. The van der Waals surface area contributed by atoms with Crippen LogP contribution in [0.25, 0.3) is 0 Å². The van der Waals surface area contributed by atoms with Crippen LogP contribution in [0.3, 0.4) is 0 Å². The first-order valence-electron chi connectivity index (χ1n) is 19.3. The standard InChI is InChI=1S/C46H76P2/c1-21-23-25-47-39(37-33(43(9,10)11)27-31(41(3,4)5)28-34(37)44(12,13)14)48(26-24-22-2)40(47)38-35(45(15,16)17)29-32(42(6,7)8)30-36(38)46(18,19)20/h27-30H,21-26H2,1-20H3. The summed E-state index contributed by atoms with van der Waals surface area (Å²) in [6.07, 6.45) is 7.78. The molecule has 3 rings (SSSR count). The fourth-order valence-corrected chi connectivity index (χ4v) is 15.6. The predicted octanol–water partition coefficient (Wildman–Crippen LogP) is 14.7. The van der Waals surface area contributed by atoms with E-state index in [1.54, 1.807) is 33.4 Å². The molecule has 2 aromatic rings. The van der Waals surface area contributed by atoms with Gasteiger partial charge in [-0.1, -0.05) is 176 Å². The van der Waals surface area contributed by atoms with Crippen LogP contribution in [0.15, 0.2) is 24.3 Å². The lowest BCUT2D eigenvalue weighted by molar-refractivity contribution is 0.546. The first-order chi connectivity index (χ1) is 21.6. The molecule has 0 nitrogen and oxygen atoms in total. The predicted molar refractivity (Wildman–Crippen MR) is 227 cm³/mol. The number of hydrogen-bond acceptors (Lipinski definition) is 0. The van der Waals surface area contributed by atoms with E-state index in [9.17, 15) is 0 Å². The normalized spacial score (nSPS) is 17.7. The highest BCUT2D eigenvalue weighted by atomic mass is 31.2. The van der Waals surface area contributed by atoms with E-state index in [2.05, 4.69) is 163 Å². The van der Waals surface area contributed by atoms with Gasteiger partial charge in [0.05, 0.1) is 0 Å². The molecular weight excluding hydrogens is 614 g/mol. The van der Waals surface area contributed by atoms with Gasteiger partial charge < -0.3 is 0 Å². The molecule has 0 atom stereocenters. The molecule has 0 saturated carbocycles. The Labute approximate surface area is 301 Å². The van der Waals surface area contributed by atoms with Crippen molar-refractivity contribution in [3.63, 3.8) is 0 Å². The fourth-order valence-electron chi connectivity index (χ4n) is 7.04. The highest BCUT2D eigenvalue weighted by Crippen LogP contribution is 2.64. The van der Waals surface area contributed by atoms with Gasteiger partial charge in [-0.2, -0.15) is 0 Å². The summed E-state index contributed by atoms with van der Waals surface area (Å²) in [6, 6.07) is 10.5. The zero-order chi connectivity index (χ0) is 37.0. The molecule has 0 radical (unpaired) electrons. The minimum atomic E-state index is -0.406. The van der Waals surface area contributed by atoms with Crippen molar-refractivity contribution in [2.24, 2.45) is 0 Å². The maximum absolute atomic E-state index is 2.63. The molecule has 48 heavy (non-hydrogen) atoms. The lowest BCUT2D eigenvalue weighted by atomic mass is 9.72. The SMILES string of the molecule is CCCCP1C(c2c(C(C)(C)C)cc(C(C)(C)C)cc2C(C)(C)C)=P(CCCC)=C1c1c(C(C)(C)C)cc(C(C)(C)C)cc1C(C)(C)C. The number of unbranched alkanes of at least 4 members (excludes halogenated alkanes) is 2. The highest BCUT2D eigenvalue weighted by molar-refractivity contribution is 8.15. The molecule has 0 unspecified atom stereocenters. The first-order valence-corrected chi connectivity index (χ1v) is 22.3. The number of hydrogen-bond donors (Lipinski definition) is 0. The maximum Gasteiger partial charge on any atom is 0.00849 e. The van der Waals surface area contributed by atoms with Crippen LogP contribution in [0.5, 0.6) is 0 Å². The minimum Gasteiger partial charge on any atom is -0.107 e. The molecule has 0 N–H and O–H groups in total. The molecule has 0 aromatic heterocycles. The van der Waals surface area contributed by atoms with E-state index in [1.165, 1.54) is 49.1 Å². The molecule has 1 heterocycles. The summed E-state index contributed by atoms with van der Waals surface area (Å²) in [6.45, 7) is 48.8. The Morgan fingerprint density at radius 1 is 0.396 bits per heavy atom. The summed E-state index contributed by atoms with van der Waals surface area (Å²) in [5.41, 5.74) is 13.2. The van der Waals surface area contributed by atoms with E-state index in [0.717, 1.165) is 0 Å². The zero-order valence-corrected chi connectivity index (χ0v) is 37.2. The van der Waals surface area contributed by atoms with E-state index in [0.29, 0.717) is 0 Å². The molecule has 270 valence electrons. The average molecular weight is 691 g/mol. The van der Waals surface area contributed by atoms with Crippen molar-refractivity contribution in [3.05, 3.63) is 68.8 Å². The van der Waals surface area contributed by atoms with Crippen LogP contribution < -0.4 is 0 Å². The van der Waals surface area contributed by atoms with E-state index in [1.807, 2.05) is 10.1 Å². The van der Waals surface area contributed by atoms with E-state index in [4.69, 9.17) is 0 Å². The van der Waals surface area contributed by atoms with Crippen LogP contribution in [0.2, 0.25) is 0 Å². The largest absolute Gasteiger partial charge is 0.107 e. The number of benzene rings is 2. The third-order valence-corrected chi connectivity index (χ3v) is 17.5. The Morgan fingerprint density at radius 2 is 0.667 bits per heavy atom. The quantitative estimate of drug-likeness (QED) is 0.242. The van der Waals surface area contributed by atoms with Crippen LogP contribution in [0.1, 0.15) is 209 Å². The minimum absolute atomic E-state index is 0.0678. The Bertz CT molecular complexity index is 1380. The van der Waals surface area contributed by atoms with Crippen molar-refractivity contribution in [2.75, 3.05) is 12.3 Å². The average Bonchev–Trinajstić information content (AvgIpc) is 2.88. The Balaban J connectivity index is 2.77. The smallest absolute Gasteiger partial charge is 0.00849 e. The monoisotopic (exact) mass is 691 g/mol. The summed E-state index contributed by atoms with van der Waals surface area (Å²) in [5, 5.41) is 3.79. The molecule has 2 heteroatoms. The van der Waals surface area contributed by atoms with Gasteiger partial charge in [0, 0.05) is 10.1 Å². The second-order valence-electron chi connectivity index (χ2n) is 21.1. The van der Waals surface area contributed by atoms with E-state index < -0.39 is 15.1 Å². The molecule has 0 amide bonds. The Morgan fingerprint density at radius 3 is 0.896 bits per heavy atom. The second-order valence-corrected chi connectivity index (χ2v) is 26.2. The van der Waals surface area contributed by atoms with Gasteiger partial charge in [-0.05, 0) is 110 Å². The molecule has 2 aromatic carbocycles. The van der Waals surface area contributed by atoms with Crippen LogP contribution in [-0.4, -0.2) is 22.4 Å². The van der Waals surface area contributed by atoms with E-state index >= 15 is 0 Å². The topological polar surface area (TPSA) is 0 Å². The van der Waals surface area contributed by atoms with Gasteiger partial charge in [0.25, 0.3) is 0 Å². The van der Waals surface area contributed by atoms with Crippen molar-refractivity contribution < 1.29 is 0 Å². The molecule has 1 aliphatic heterocycles.